The van der Waals surface area contributed by atoms with Crippen molar-refractivity contribution >= 4 is 0 Å². The number of benzene rings is 2. The average molecular weight is 515 g/mol. The monoisotopic (exact) mass is 514 g/mol. The van der Waals surface area contributed by atoms with Gasteiger partial charge in [-0.15, -0.1) is 0 Å². The van der Waals surface area contributed by atoms with Gasteiger partial charge < -0.3 is 19.9 Å². The van der Waals surface area contributed by atoms with Crippen LogP contribution in [0.3, 0.4) is 0 Å². The molecule has 2 aromatic rings. The number of phenolic OH excluding ortho intramolecular Hbond substituents is 1. The fourth-order valence-electron chi connectivity index (χ4n) is 10.3. The van der Waals surface area contributed by atoms with Crippen LogP contribution in [0.25, 0.3) is 0 Å². The number of hydrogen-bond donors (Lipinski definition) is 2. The highest BCUT2D eigenvalue weighted by atomic mass is 16.5. The summed E-state index contributed by atoms with van der Waals surface area (Å²) < 4.78 is 13.6. The van der Waals surface area contributed by atoms with Crippen molar-refractivity contribution in [2.24, 2.45) is 22.7 Å². The smallest absolute Gasteiger partial charge is 0.165 e. The number of methoxy groups -OCH3 is 1. The van der Waals surface area contributed by atoms with Crippen LogP contribution >= 0.6 is 0 Å². The van der Waals surface area contributed by atoms with Crippen LogP contribution in [0.15, 0.2) is 42.5 Å². The van der Waals surface area contributed by atoms with Gasteiger partial charge in [0.2, 0.25) is 0 Å². The lowest BCUT2D eigenvalue weighted by Gasteiger charge is -2.73. The fraction of sp³-hybridized carbons (Fsp3) is 0.636. The molecule has 202 valence electrons. The van der Waals surface area contributed by atoms with Crippen molar-refractivity contribution in [2.75, 3.05) is 26.7 Å². The van der Waals surface area contributed by atoms with Crippen molar-refractivity contribution in [3.05, 3.63) is 59.2 Å². The maximum absolute atomic E-state index is 11.1. The van der Waals surface area contributed by atoms with Crippen LogP contribution in [0.5, 0.6) is 11.5 Å². The van der Waals surface area contributed by atoms with E-state index >= 15 is 0 Å². The molecule has 38 heavy (non-hydrogen) atoms. The molecule has 2 spiro atoms. The molecular weight excluding hydrogens is 472 g/mol. The molecular formula is C33H42N2O3. The summed E-state index contributed by atoms with van der Waals surface area (Å²) in [6.45, 7) is 6.67. The summed E-state index contributed by atoms with van der Waals surface area (Å²) in [4.78, 5) is 2.90. The number of rotatable bonds is 7. The van der Waals surface area contributed by atoms with Crippen LogP contribution in [0, 0.1) is 22.7 Å². The Morgan fingerprint density at radius 1 is 1.11 bits per heavy atom. The maximum atomic E-state index is 11.1. The van der Waals surface area contributed by atoms with E-state index in [1.165, 1.54) is 55.3 Å². The minimum atomic E-state index is -0.0663. The van der Waals surface area contributed by atoms with Gasteiger partial charge in [-0.25, -0.2) is 0 Å². The number of likely N-dealkylation sites (tertiary alicyclic amines) is 1. The topological polar surface area (TPSA) is 54.0 Å². The van der Waals surface area contributed by atoms with Crippen LogP contribution in [0.2, 0.25) is 0 Å². The van der Waals surface area contributed by atoms with E-state index in [1.807, 2.05) is 13.2 Å². The number of hydrogen-bond acceptors (Lipinski definition) is 5. The molecule has 8 rings (SSSR count). The lowest BCUT2D eigenvalue weighted by molar-refractivity contribution is -0.252. The third kappa shape index (κ3) is 2.93. The van der Waals surface area contributed by atoms with E-state index in [-0.39, 0.29) is 28.5 Å². The Morgan fingerprint density at radius 3 is 2.74 bits per heavy atom. The van der Waals surface area contributed by atoms with E-state index in [4.69, 9.17) is 9.47 Å². The molecule has 1 saturated heterocycles. The van der Waals surface area contributed by atoms with Crippen molar-refractivity contribution in [1.82, 2.24) is 10.2 Å². The Morgan fingerprint density at radius 2 is 1.95 bits per heavy atom. The van der Waals surface area contributed by atoms with E-state index in [9.17, 15) is 5.11 Å². The summed E-state index contributed by atoms with van der Waals surface area (Å²) in [7, 11) is 1.91. The molecule has 5 heteroatoms. The van der Waals surface area contributed by atoms with Gasteiger partial charge in [-0.1, -0.05) is 43.3 Å². The van der Waals surface area contributed by atoms with Gasteiger partial charge in [-0.2, -0.15) is 0 Å². The highest BCUT2D eigenvalue weighted by molar-refractivity contribution is 5.62. The van der Waals surface area contributed by atoms with E-state index in [0.717, 1.165) is 44.1 Å². The number of fused-ring (bicyclic) bond motifs is 1. The minimum Gasteiger partial charge on any atom is -0.504 e. The number of nitrogens with zero attached hydrogens (tertiary/aromatic N) is 1. The highest BCUT2D eigenvalue weighted by Crippen LogP contribution is 2.76. The van der Waals surface area contributed by atoms with Crippen LogP contribution in [-0.2, 0) is 23.1 Å². The zero-order chi connectivity index (χ0) is 25.7. The maximum Gasteiger partial charge on any atom is 0.165 e. The predicted octanol–water partition coefficient (Wildman–Crippen LogP) is 5.04. The van der Waals surface area contributed by atoms with Gasteiger partial charge in [0.25, 0.3) is 0 Å². The van der Waals surface area contributed by atoms with Crippen LogP contribution < -0.4 is 10.1 Å². The second-order valence-corrected chi connectivity index (χ2v) is 13.6. The zero-order valence-electron chi connectivity index (χ0n) is 22.9. The van der Waals surface area contributed by atoms with Crippen molar-refractivity contribution < 1.29 is 14.6 Å². The van der Waals surface area contributed by atoms with Gasteiger partial charge in [-0.3, -0.25) is 4.90 Å². The number of piperidine rings is 1. The number of ether oxygens (including phenoxy) is 2. The number of aromatic hydroxyl groups is 1. The van der Waals surface area contributed by atoms with Crippen molar-refractivity contribution in [1.29, 1.82) is 0 Å². The lowest BCUT2D eigenvalue weighted by atomic mass is 9.34. The van der Waals surface area contributed by atoms with Crippen LogP contribution in [0.4, 0.5) is 0 Å². The second-order valence-electron chi connectivity index (χ2n) is 13.6. The standard InChI is InChI=1S/C33H42N2O3/c1-21-12-13-32-19-31(21,20-34-17-22-6-4-3-5-7-22)29(37-2)30-33(32)14-15-35(18-23-8-9-23)26(32)16-24-10-11-25(36)28(38-30)27(24)33/h3-7,10-11,21,23,26,29-30,34,36H,8-9,12-20H2,1-2H3/t21?,26-,29?,30+,31+,32-,33?/m1/s1. The SMILES string of the molecule is COC1[C@@H]2Oc3c(O)ccc4c3C23CCN(CC2CC2)[C@H](C4)[C@]32CCC(C)[C@@]1(CNCc1ccccc1)C2. The Labute approximate surface area is 226 Å². The van der Waals surface area contributed by atoms with E-state index in [1.54, 1.807) is 0 Å². The minimum absolute atomic E-state index is 0.00798. The highest BCUT2D eigenvalue weighted by Gasteiger charge is 2.78. The zero-order valence-corrected chi connectivity index (χ0v) is 22.9. The molecule has 6 aliphatic rings. The molecule has 3 unspecified atom stereocenters. The van der Waals surface area contributed by atoms with Gasteiger partial charge in [0, 0.05) is 54.6 Å². The average Bonchev–Trinajstić information content (AvgIpc) is 3.67. The summed E-state index contributed by atoms with van der Waals surface area (Å²) >= 11 is 0. The first kappa shape index (κ1) is 23.8. The van der Waals surface area contributed by atoms with E-state index in [0.29, 0.717) is 17.7 Å². The molecule has 2 aromatic carbocycles. The Balaban J connectivity index is 1.26. The molecule has 0 radical (unpaired) electrons. The van der Waals surface area contributed by atoms with Crippen LogP contribution in [-0.4, -0.2) is 55.0 Å². The Hall–Kier alpha value is -2.08. The first-order chi connectivity index (χ1) is 18.5. The molecule has 2 heterocycles. The fourth-order valence-corrected chi connectivity index (χ4v) is 10.3. The second kappa shape index (κ2) is 8.22. The quantitative estimate of drug-likeness (QED) is 0.542. The molecule has 5 nitrogen and oxygen atoms in total. The summed E-state index contributed by atoms with van der Waals surface area (Å²) in [5.41, 5.74) is 4.18. The Bertz CT molecular complexity index is 1250. The van der Waals surface area contributed by atoms with Crippen LogP contribution in [0.1, 0.15) is 62.1 Å². The molecule has 4 bridgehead atoms. The molecule has 2 aliphatic heterocycles. The predicted molar refractivity (Wildman–Crippen MR) is 147 cm³/mol. The van der Waals surface area contributed by atoms with E-state index < -0.39 is 0 Å². The van der Waals surface area contributed by atoms with Crippen molar-refractivity contribution in [3.63, 3.8) is 0 Å². The molecule has 3 saturated carbocycles. The number of phenols is 1. The van der Waals surface area contributed by atoms with Gasteiger partial charge in [0.15, 0.2) is 11.5 Å². The largest absolute Gasteiger partial charge is 0.504 e. The normalized spacial score (nSPS) is 40.5. The van der Waals surface area contributed by atoms with Crippen molar-refractivity contribution in [2.45, 2.75) is 82.1 Å². The van der Waals surface area contributed by atoms with Gasteiger partial charge in [0.05, 0.1) is 0 Å². The molecule has 0 amide bonds. The third-order valence-electron chi connectivity index (χ3n) is 12.1. The molecule has 4 aliphatic carbocycles. The Kier molecular flexibility index (Phi) is 5.14. The van der Waals surface area contributed by atoms with Gasteiger partial charge in [-0.05, 0) is 80.5 Å². The van der Waals surface area contributed by atoms with Crippen molar-refractivity contribution in [3.8, 4) is 11.5 Å². The van der Waals surface area contributed by atoms with Gasteiger partial charge in [0.1, 0.15) is 12.2 Å². The van der Waals surface area contributed by atoms with Gasteiger partial charge >= 0.3 is 0 Å². The lowest BCUT2D eigenvalue weighted by Crippen LogP contribution is -2.79. The summed E-state index contributed by atoms with van der Waals surface area (Å²) in [6.07, 6.45) is 8.62. The molecule has 0 aromatic heterocycles. The summed E-state index contributed by atoms with van der Waals surface area (Å²) in [6, 6.07) is 15.4. The first-order valence-corrected chi connectivity index (χ1v) is 15.1. The molecule has 2 N–H and O–H groups in total. The summed E-state index contributed by atoms with van der Waals surface area (Å²) in [5.74, 6) is 2.52. The third-order valence-corrected chi connectivity index (χ3v) is 12.1. The molecule has 7 atom stereocenters. The number of nitrogens with one attached hydrogen (secondary N) is 1. The molecule has 4 fully saturated rings. The van der Waals surface area contributed by atoms with E-state index in [2.05, 4.69) is 53.5 Å². The summed E-state index contributed by atoms with van der Waals surface area (Å²) in [5, 5.41) is 15.0. The first-order valence-electron chi connectivity index (χ1n) is 15.1.